The Morgan fingerprint density at radius 1 is 1.41 bits per heavy atom. The van der Waals surface area contributed by atoms with Crippen LogP contribution in [0.25, 0.3) is 0 Å². The van der Waals surface area contributed by atoms with Gasteiger partial charge in [-0.2, -0.15) is 0 Å². The normalized spacial score (nSPS) is 28.4. The predicted octanol–water partition coefficient (Wildman–Crippen LogP) is 3.58. The number of carbonyl (C=O) groups excluding carboxylic acids is 1. The van der Waals surface area contributed by atoms with Crippen molar-refractivity contribution in [2.24, 2.45) is 5.92 Å². The first-order chi connectivity index (χ1) is 10.5. The van der Waals surface area contributed by atoms with Gasteiger partial charge < -0.3 is 10.6 Å². The first kappa shape index (κ1) is 15.8. The summed E-state index contributed by atoms with van der Waals surface area (Å²) in [5, 5.41) is 6.82. The molecular weight excluding hydrogens is 303 g/mol. The van der Waals surface area contributed by atoms with E-state index in [0.29, 0.717) is 35.0 Å². The van der Waals surface area contributed by atoms with Gasteiger partial charge in [-0.1, -0.05) is 17.7 Å². The van der Waals surface area contributed by atoms with Gasteiger partial charge in [-0.25, -0.2) is 4.39 Å². The molecule has 5 heteroatoms. The van der Waals surface area contributed by atoms with Crippen molar-refractivity contribution in [3.05, 3.63) is 34.6 Å². The topological polar surface area (TPSA) is 41.1 Å². The lowest BCUT2D eigenvalue weighted by Crippen LogP contribution is -2.40. The highest BCUT2D eigenvalue weighted by Gasteiger charge is 2.34. The van der Waals surface area contributed by atoms with Crippen LogP contribution in [0.15, 0.2) is 18.2 Å². The number of amides is 1. The first-order valence-corrected chi connectivity index (χ1v) is 8.40. The summed E-state index contributed by atoms with van der Waals surface area (Å²) in [6, 6.07) is 5.33. The van der Waals surface area contributed by atoms with Crippen LogP contribution in [-0.2, 0) is 4.79 Å². The van der Waals surface area contributed by atoms with Crippen molar-refractivity contribution in [1.82, 2.24) is 10.6 Å². The lowest BCUT2D eigenvalue weighted by molar-refractivity contribution is -0.122. The van der Waals surface area contributed by atoms with Crippen molar-refractivity contribution in [1.29, 1.82) is 0 Å². The van der Waals surface area contributed by atoms with E-state index in [4.69, 9.17) is 11.6 Å². The molecule has 2 saturated heterocycles. The molecule has 2 heterocycles. The Bertz CT molecular complexity index is 533. The van der Waals surface area contributed by atoms with Crippen LogP contribution in [0.2, 0.25) is 5.02 Å². The fraction of sp³-hybridized carbons (Fsp3) is 0.588. The zero-order chi connectivity index (χ0) is 15.7. The minimum atomic E-state index is -0.417. The fourth-order valence-electron chi connectivity index (χ4n) is 3.90. The maximum absolute atomic E-state index is 13.9. The van der Waals surface area contributed by atoms with Gasteiger partial charge in [0, 0.05) is 29.1 Å². The third kappa shape index (κ3) is 3.44. The molecule has 0 radical (unpaired) electrons. The van der Waals surface area contributed by atoms with E-state index in [1.165, 1.54) is 18.9 Å². The molecule has 120 valence electrons. The van der Waals surface area contributed by atoms with Crippen molar-refractivity contribution in [2.75, 3.05) is 0 Å². The summed E-state index contributed by atoms with van der Waals surface area (Å²) < 4.78 is 13.9. The zero-order valence-electron chi connectivity index (χ0n) is 12.7. The molecule has 1 aromatic rings. The van der Waals surface area contributed by atoms with Crippen LogP contribution in [0.1, 0.15) is 50.6 Å². The molecule has 2 aliphatic heterocycles. The smallest absolute Gasteiger partial charge is 0.220 e. The van der Waals surface area contributed by atoms with Gasteiger partial charge in [0.25, 0.3) is 0 Å². The number of nitrogens with one attached hydrogen (secondary N) is 2. The number of benzene rings is 1. The quantitative estimate of drug-likeness (QED) is 0.889. The minimum absolute atomic E-state index is 0.0156. The average Bonchev–Trinajstić information content (AvgIpc) is 2.77. The van der Waals surface area contributed by atoms with E-state index < -0.39 is 6.04 Å². The molecule has 2 bridgehead atoms. The van der Waals surface area contributed by atoms with E-state index in [1.54, 1.807) is 19.1 Å². The predicted molar refractivity (Wildman–Crippen MR) is 85.3 cm³/mol. The maximum atomic E-state index is 13.9. The van der Waals surface area contributed by atoms with Gasteiger partial charge in [0.1, 0.15) is 5.82 Å². The number of hydrogen-bond acceptors (Lipinski definition) is 2. The second-order valence-corrected chi connectivity index (χ2v) is 7.01. The number of halogens is 2. The third-order valence-electron chi connectivity index (χ3n) is 4.85. The van der Waals surface area contributed by atoms with Crippen molar-refractivity contribution in [3.8, 4) is 0 Å². The molecule has 2 N–H and O–H groups in total. The number of carbonyl (C=O) groups is 1. The minimum Gasteiger partial charge on any atom is -0.349 e. The molecule has 0 aliphatic carbocycles. The highest BCUT2D eigenvalue weighted by Crippen LogP contribution is 2.33. The Kier molecular flexibility index (Phi) is 4.69. The van der Waals surface area contributed by atoms with Gasteiger partial charge in [0.05, 0.1) is 6.04 Å². The summed E-state index contributed by atoms with van der Waals surface area (Å²) in [7, 11) is 0. The van der Waals surface area contributed by atoms with Gasteiger partial charge in [0.2, 0.25) is 5.91 Å². The van der Waals surface area contributed by atoms with Crippen LogP contribution < -0.4 is 10.6 Å². The lowest BCUT2D eigenvalue weighted by Gasteiger charge is -2.29. The summed E-state index contributed by atoms with van der Waals surface area (Å²) in [5.41, 5.74) is 0.364. The molecule has 22 heavy (non-hydrogen) atoms. The van der Waals surface area contributed by atoms with E-state index in [-0.39, 0.29) is 11.7 Å². The second kappa shape index (κ2) is 6.55. The maximum Gasteiger partial charge on any atom is 0.220 e. The van der Waals surface area contributed by atoms with Crippen LogP contribution in [-0.4, -0.2) is 18.0 Å². The number of piperidine rings is 1. The van der Waals surface area contributed by atoms with E-state index in [2.05, 4.69) is 10.6 Å². The molecule has 3 unspecified atom stereocenters. The second-order valence-electron chi connectivity index (χ2n) is 6.60. The zero-order valence-corrected chi connectivity index (χ0v) is 13.5. The van der Waals surface area contributed by atoms with E-state index >= 15 is 0 Å². The molecule has 1 aromatic carbocycles. The van der Waals surface area contributed by atoms with Gasteiger partial charge in [-0.3, -0.25) is 4.79 Å². The Balaban J connectivity index is 1.57. The van der Waals surface area contributed by atoms with Crippen LogP contribution in [0, 0.1) is 11.7 Å². The Hall–Kier alpha value is -1.13. The van der Waals surface area contributed by atoms with Gasteiger partial charge in [0.15, 0.2) is 0 Å². The van der Waals surface area contributed by atoms with E-state index in [9.17, 15) is 9.18 Å². The summed E-state index contributed by atoms with van der Waals surface area (Å²) in [4.78, 5) is 12.3. The number of hydrogen-bond donors (Lipinski definition) is 2. The monoisotopic (exact) mass is 324 g/mol. The molecular formula is C17H22ClFN2O. The standard InChI is InChI=1S/C17H22ClFN2O/c1-10(17-14(18)3-2-4-15(17)19)20-16(22)9-11-7-12-5-6-13(8-11)21-12/h2-4,10-13,21H,5-9H2,1H3,(H,20,22). The molecule has 3 rings (SSSR count). The lowest BCUT2D eigenvalue weighted by atomic mass is 9.89. The average molecular weight is 325 g/mol. The van der Waals surface area contributed by atoms with Gasteiger partial charge >= 0.3 is 0 Å². The molecule has 0 spiro atoms. The van der Waals surface area contributed by atoms with Crippen molar-refractivity contribution < 1.29 is 9.18 Å². The molecule has 2 aliphatic rings. The van der Waals surface area contributed by atoms with Crippen molar-refractivity contribution >= 4 is 17.5 Å². The van der Waals surface area contributed by atoms with E-state index in [1.807, 2.05) is 0 Å². The Morgan fingerprint density at radius 3 is 2.73 bits per heavy atom. The molecule has 0 aromatic heterocycles. The highest BCUT2D eigenvalue weighted by atomic mass is 35.5. The summed E-state index contributed by atoms with van der Waals surface area (Å²) in [6.45, 7) is 1.77. The molecule has 3 nitrogen and oxygen atoms in total. The van der Waals surface area contributed by atoms with Gasteiger partial charge in [-0.05, 0) is 50.7 Å². The Morgan fingerprint density at radius 2 is 2.09 bits per heavy atom. The first-order valence-electron chi connectivity index (χ1n) is 8.02. The summed E-state index contributed by atoms with van der Waals surface area (Å²) >= 11 is 6.05. The van der Waals surface area contributed by atoms with Gasteiger partial charge in [-0.15, -0.1) is 0 Å². The molecule has 3 atom stereocenters. The van der Waals surface area contributed by atoms with Crippen LogP contribution in [0.3, 0.4) is 0 Å². The van der Waals surface area contributed by atoms with Crippen molar-refractivity contribution in [2.45, 2.75) is 57.2 Å². The van der Waals surface area contributed by atoms with E-state index in [0.717, 1.165) is 12.8 Å². The van der Waals surface area contributed by atoms with Crippen LogP contribution in [0.5, 0.6) is 0 Å². The molecule has 2 fully saturated rings. The Labute approximate surface area is 135 Å². The molecule has 0 saturated carbocycles. The third-order valence-corrected chi connectivity index (χ3v) is 5.18. The highest BCUT2D eigenvalue weighted by molar-refractivity contribution is 6.31. The SMILES string of the molecule is CC(NC(=O)CC1CC2CCC(C1)N2)c1c(F)cccc1Cl. The summed E-state index contributed by atoms with van der Waals surface area (Å²) in [6.07, 6.45) is 5.11. The largest absolute Gasteiger partial charge is 0.349 e. The van der Waals surface area contributed by atoms with Crippen molar-refractivity contribution in [3.63, 3.8) is 0 Å². The number of rotatable bonds is 4. The molecule has 1 amide bonds. The van der Waals surface area contributed by atoms with Crippen LogP contribution in [0.4, 0.5) is 4.39 Å². The number of fused-ring (bicyclic) bond motifs is 2. The summed E-state index contributed by atoms with van der Waals surface area (Å²) in [5.74, 6) is 0.0420. The van der Waals surface area contributed by atoms with Crippen LogP contribution >= 0.6 is 11.6 Å². The fourth-order valence-corrected chi connectivity index (χ4v) is 4.23.